The minimum absolute atomic E-state index is 0.599. The van der Waals surface area contributed by atoms with Gasteiger partial charge in [0.2, 0.25) is 0 Å². The summed E-state index contributed by atoms with van der Waals surface area (Å²) in [6.45, 7) is 3.30. The maximum Gasteiger partial charge on any atom is 0.185 e. The van der Waals surface area contributed by atoms with Crippen molar-refractivity contribution >= 4 is 28.2 Å². The molecule has 4 aromatic rings. The largest absolute Gasteiger partial charge is 0.486 e. The molecule has 0 spiro atoms. The average molecular weight is 358 g/mol. The third kappa shape index (κ3) is 2.83. The molecule has 1 aliphatic heterocycles. The summed E-state index contributed by atoms with van der Waals surface area (Å²) in [5.74, 6) is 1.45. The Morgan fingerprint density at radius 2 is 2.04 bits per heavy atom. The van der Waals surface area contributed by atoms with Crippen LogP contribution in [0.3, 0.4) is 0 Å². The quantitative estimate of drug-likeness (QED) is 0.515. The highest BCUT2D eigenvalue weighted by Crippen LogP contribution is 2.39. The number of aromatic nitrogens is 4. The summed E-state index contributed by atoms with van der Waals surface area (Å²) in [5, 5.41) is 7.83. The molecule has 7 nitrogen and oxygen atoms in total. The minimum Gasteiger partial charge on any atom is -0.486 e. The van der Waals surface area contributed by atoms with E-state index in [1.165, 1.54) is 0 Å². The standard InChI is InChI=1S/C20H18N6O/c1-12-3-2-4-15(24-12)16-11-17(18-20(26-16)23-9-10-27-18)25-14-6-8-22-19-13(14)5-7-21-19/h2-8,11H,9-10H2,1H3,(H3,21,22,23,25,26). The van der Waals surface area contributed by atoms with Gasteiger partial charge in [-0.05, 0) is 37.3 Å². The maximum absolute atomic E-state index is 5.90. The molecule has 0 bridgehead atoms. The fraction of sp³-hybridized carbons (Fsp3) is 0.150. The molecule has 0 radical (unpaired) electrons. The monoisotopic (exact) mass is 358 g/mol. The summed E-state index contributed by atoms with van der Waals surface area (Å²) in [6.07, 6.45) is 3.65. The van der Waals surface area contributed by atoms with Crippen LogP contribution in [0.25, 0.3) is 22.4 Å². The lowest BCUT2D eigenvalue weighted by Crippen LogP contribution is -2.20. The predicted octanol–water partition coefficient (Wildman–Crippen LogP) is 3.88. The Morgan fingerprint density at radius 1 is 1.07 bits per heavy atom. The van der Waals surface area contributed by atoms with Gasteiger partial charge in [0.25, 0.3) is 0 Å². The van der Waals surface area contributed by atoms with Crippen molar-refractivity contribution in [3.8, 4) is 17.1 Å². The molecule has 0 aromatic carbocycles. The summed E-state index contributed by atoms with van der Waals surface area (Å²) in [4.78, 5) is 16.8. The number of aryl methyl sites for hydroxylation is 1. The van der Waals surface area contributed by atoms with Crippen LogP contribution in [0.15, 0.2) is 48.8 Å². The SMILES string of the molecule is Cc1cccc(-c2cc(Nc3ccnc4[nH]ccc34)c3c(n2)NCCO3)n1. The Kier molecular flexibility index (Phi) is 3.64. The second kappa shape index (κ2) is 6.28. The van der Waals surface area contributed by atoms with Gasteiger partial charge in [-0.2, -0.15) is 0 Å². The highest BCUT2D eigenvalue weighted by molar-refractivity contribution is 5.92. The molecule has 0 saturated carbocycles. The fourth-order valence-corrected chi connectivity index (χ4v) is 3.25. The molecule has 5 heterocycles. The van der Waals surface area contributed by atoms with Crippen molar-refractivity contribution in [2.24, 2.45) is 0 Å². The Morgan fingerprint density at radius 3 is 2.96 bits per heavy atom. The van der Waals surface area contributed by atoms with E-state index in [-0.39, 0.29) is 0 Å². The summed E-state index contributed by atoms with van der Waals surface area (Å²) >= 11 is 0. The van der Waals surface area contributed by atoms with E-state index in [0.29, 0.717) is 6.61 Å². The molecule has 0 unspecified atom stereocenters. The zero-order chi connectivity index (χ0) is 18.2. The van der Waals surface area contributed by atoms with Gasteiger partial charge in [-0.3, -0.25) is 4.98 Å². The van der Waals surface area contributed by atoms with Crippen LogP contribution in [-0.4, -0.2) is 33.1 Å². The normalized spacial score (nSPS) is 12.9. The molecule has 7 heteroatoms. The number of hydrogen-bond acceptors (Lipinski definition) is 6. The molecule has 5 rings (SSSR count). The number of fused-ring (bicyclic) bond motifs is 2. The highest BCUT2D eigenvalue weighted by atomic mass is 16.5. The second-order valence-corrected chi connectivity index (χ2v) is 6.40. The van der Waals surface area contributed by atoms with Crippen molar-refractivity contribution in [2.75, 3.05) is 23.8 Å². The first-order valence-corrected chi connectivity index (χ1v) is 8.83. The van der Waals surface area contributed by atoms with E-state index in [0.717, 1.165) is 57.6 Å². The van der Waals surface area contributed by atoms with E-state index in [4.69, 9.17) is 9.72 Å². The van der Waals surface area contributed by atoms with Gasteiger partial charge in [0.15, 0.2) is 11.6 Å². The van der Waals surface area contributed by atoms with Gasteiger partial charge in [0.05, 0.1) is 29.3 Å². The predicted molar refractivity (Wildman–Crippen MR) is 106 cm³/mol. The highest BCUT2D eigenvalue weighted by Gasteiger charge is 2.19. The van der Waals surface area contributed by atoms with Gasteiger partial charge in [-0.15, -0.1) is 0 Å². The van der Waals surface area contributed by atoms with Gasteiger partial charge >= 0.3 is 0 Å². The van der Waals surface area contributed by atoms with Gasteiger partial charge in [0, 0.05) is 23.5 Å². The molecule has 0 aliphatic carbocycles. The zero-order valence-electron chi connectivity index (χ0n) is 14.8. The van der Waals surface area contributed by atoms with Crippen LogP contribution in [0.4, 0.5) is 17.2 Å². The maximum atomic E-state index is 5.90. The minimum atomic E-state index is 0.599. The topological polar surface area (TPSA) is 87.8 Å². The van der Waals surface area contributed by atoms with Crippen molar-refractivity contribution in [1.82, 2.24) is 19.9 Å². The van der Waals surface area contributed by atoms with Gasteiger partial charge < -0.3 is 20.4 Å². The third-order valence-electron chi connectivity index (χ3n) is 4.49. The Bertz CT molecular complexity index is 1140. The molecule has 0 amide bonds. The van der Waals surface area contributed by atoms with Gasteiger partial charge in [-0.1, -0.05) is 6.07 Å². The molecule has 134 valence electrons. The van der Waals surface area contributed by atoms with Gasteiger partial charge in [0.1, 0.15) is 12.3 Å². The van der Waals surface area contributed by atoms with Crippen LogP contribution < -0.4 is 15.4 Å². The average Bonchev–Trinajstić information content (AvgIpc) is 3.18. The number of aromatic amines is 1. The van der Waals surface area contributed by atoms with Crippen molar-refractivity contribution in [2.45, 2.75) is 6.92 Å². The van der Waals surface area contributed by atoms with Crippen molar-refractivity contribution < 1.29 is 4.74 Å². The molecule has 3 N–H and O–H groups in total. The molecule has 1 aliphatic rings. The van der Waals surface area contributed by atoms with Crippen LogP contribution >= 0.6 is 0 Å². The summed E-state index contributed by atoms with van der Waals surface area (Å²) < 4.78 is 5.90. The van der Waals surface area contributed by atoms with Crippen molar-refractivity contribution in [1.29, 1.82) is 0 Å². The van der Waals surface area contributed by atoms with Gasteiger partial charge in [-0.25, -0.2) is 9.97 Å². The number of hydrogen-bond donors (Lipinski definition) is 3. The molecular weight excluding hydrogens is 340 g/mol. The molecular formula is C20H18N6O. The fourth-order valence-electron chi connectivity index (χ4n) is 3.25. The number of nitrogens with zero attached hydrogens (tertiary/aromatic N) is 3. The number of H-pyrrole nitrogens is 1. The van der Waals surface area contributed by atoms with Crippen molar-refractivity contribution in [3.05, 3.63) is 54.5 Å². The first kappa shape index (κ1) is 15.6. The summed E-state index contributed by atoms with van der Waals surface area (Å²) in [6, 6.07) is 11.9. The number of nitrogens with one attached hydrogen (secondary N) is 3. The first-order chi connectivity index (χ1) is 13.3. The molecule has 0 atom stereocenters. The second-order valence-electron chi connectivity index (χ2n) is 6.40. The number of ether oxygens (including phenoxy) is 1. The van der Waals surface area contributed by atoms with E-state index in [2.05, 4.69) is 25.6 Å². The lowest BCUT2D eigenvalue weighted by atomic mass is 10.2. The third-order valence-corrected chi connectivity index (χ3v) is 4.49. The van der Waals surface area contributed by atoms with E-state index < -0.39 is 0 Å². The lowest BCUT2D eigenvalue weighted by Gasteiger charge is -2.22. The number of anilines is 3. The molecule has 0 saturated heterocycles. The Hall–Kier alpha value is -3.61. The summed E-state index contributed by atoms with van der Waals surface area (Å²) in [7, 11) is 0. The van der Waals surface area contributed by atoms with E-state index in [1.807, 2.05) is 49.5 Å². The van der Waals surface area contributed by atoms with E-state index in [9.17, 15) is 0 Å². The summed E-state index contributed by atoms with van der Waals surface area (Å²) in [5.41, 5.74) is 5.20. The Labute approximate surface area is 155 Å². The van der Waals surface area contributed by atoms with Crippen LogP contribution in [0.5, 0.6) is 5.75 Å². The Balaban J connectivity index is 1.64. The van der Waals surface area contributed by atoms with E-state index in [1.54, 1.807) is 6.20 Å². The van der Waals surface area contributed by atoms with E-state index >= 15 is 0 Å². The van der Waals surface area contributed by atoms with Crippen LogP contribution in [0.1, 0.15) is 5.69 Å². The number of rotatable bonds is 3. The molecule has 27 heavy (non-hydrogen) atoms. The molecule has 4 aromatic heterocycles. The van der Waals surface area contributed by atoms with Crippen molar-refractivity contribution in [3.63, 3.8) is 0 Å². The number of pyridine rings is 3. The van der Waals surface area contributed by atoms with Crippen LogP contribution in [0, 0.1) is 6.92 Å². The zero-order valence-corrected chi connectivity index (χ0v) is 14.8. The van der Waals surface area contributed by atoms with Crippen LogP contribution in [-0.2, 0) is 0 Å². The lowest BCUT2D eigenvalue weighted by molar-refractivity contribution is 0.323. The van der Waals surface area contributed by atoms with Crippen LogP contribution in [0.2, 0.25) is 0 Å². The first-order valence-electron chi connectivity index (χ1n) is 8.83. The smallest absolute Gasteiger partial charge is 0.185 e. The molecule has 0 fully saturated rings.